The zero-order valence-corrected chi connectivity index (χ0v) is 12.9. The van der Waals surface area contributed by atoms with Crippen molar-refractivity contribution in [2.24, 2.45) is 0 Å². The number of nitrogens with one attached hydrogen (secondary N) is 1. The van der Waals surface area contributed by atoms with E-state index in [1.807, 2.05) is 35.7 Å². The normalized spacial score (nSPS) is 14.7. The zero-order valence-electron chi connectivity index (χ0n) is 12.1. The molecule has 6 heteroatoms. The van der Waals surface area contributed by atoms with Crippen LogP contribution in [0.25, 0.3) is 5.57 Å². The second-order valence-electron chi connectivity index (χ2n) is 4.75. The number of nitrogens with zero attached hydrogens (tertiary/aromatic N) is 1. The molecule has 112 valence electrons. The Morgan fingerprint density at radius 2 is 1.95 bits per heavy atom. The molecule has 0 saturated heterocycles. The molecule has 1 aliphatic heterocycles. The summed E-state index contributed by atoms with van der Waals surface area (Å²) in [6.45, 7) is 0. The number of anilines is 1. The quantitative estimate of drug-likeness (QED) is 0.881. The van der Waals surface area contributed by atoms with Crippen LogP contribution in [0.1, 0.15) is 4.88 Å². The maximum absolute atomic E-state index is 12.3. The molecule has 5 nitrogen and oxygen atoms in total. The highest BCUT2D eigenvalue weighted by Crippen LogP contribution is 2.32. The van der Waals surface area contributed by atoms with E-state index in [0.29, 0.717) is 22.7 Å². The van der Waals surface area contributed by atoms with E-state index in [2.05, 4.69) is 5.32 Å². The van der Waals surface area contributed by atoms with Gasteiger partial charge in [-0.3, -0.25) is 14.5 Å². The number of amides is 2. The van der Waals surface area contributed by atoms with E-state index in [1.165, 1.54) is 18.4 Å². The number of hydrogen-bond donors (Lipinski definition) is 1. The fourth-order valence-corrected chi connectivity index (χ4v) is 3.02. The molecule has 2 amide bonds. The van der Waals surface area contributed by atoms with Crippen LogP contribution in [-0.2, 0) is 9.59 Å². The van der Waals surface area contributed by atoms with Gasteiger partial charge in [0, 0.05) is 23.7 Å². The van der Waals surface area contributed by atoms with E-state index in [0.717, 1.165) is 9.78 Å². The van der Waals surface area contributed by atoms with Crippen molar-refractivity contribution in [3.63, 3.8) is 0 Å². The molecule has 1 N–H and O–H groups in total. The van der Waals surface area contributed by atoms with E-state index in [-0.39, 0.29) is 11.8 Å². The number of rotatable bonds is 4. The number of likely N-dealkylation sites (N-methyl/N-ethyl adjacent to an activating group) is 1. The Morgan fingerprint density at radius 1 is 1.14 bits per heavy atom. The van der Waals surface area contributed by atoms with Gasteiger partial charge in [-0.2, -0.15) is 0 Å². The molecule has 0 atom stereocenters. The minimum Gasteiger partial charge on any atom is -0.497 e. The van der Waals surface area contributed by atoms with Crippen molar-refractivity contribution in [1.29, 1.82) is 0 Å². The number of ether oxygens (including phenoxy) is 1. The molecule has 22 heavy (non-hydrogen) atoms. The van der Waals surface area contributed by atoms with Gasteiger partial charge in [0.1, 0.15) is 11.4 Å². The van der Waals surface area contributed by atoms with Crippen LogP contribution < -0.4 is 10.1 Å². The number of hydrogen-bond acceptors (Lipinski definition) is 5. The van der Waals surface area contributed by atoms with Crippen LogP contribution in [-0.4, -0.2) is 30.9 Å². The molecule has 0 aliphatic carbocycles. The van der Waals surface area contributed by atoms with Crippen LogP contribution in [0.2, 0.25) is 0 Å². The smallest absolute Gasteiger partial charge is 0.277 e. The summed E-state index contributed by atoms with van der Waals surface area (Å²) in [5, 5.41) is 4.94. The van der Waals surface area contributed by atoms with Gasteiger partial charge in [-0.25, -0.2) is 0 Å². The van der Waals surface area contributed by atoms with Crippen molar-refractivity contribution < 1.29 is 14.3 Å². The van der Waals surface area contributed by atoms with Crippen LogP contribution >= 0.6 is 11.3 Å². The maximum Gasteiger partial charge on any atom is 0.277 e. The minimum atomic E-state index is -0.337. The molecule has 0 fully saturated rings. The summed E-state index contributed by atoms with van der Waals surface area (Å²) >= 11 is 1.43. The van der Waals surface area contributed by atoms with Crippen LogP contribution in [0.5, 0.6) is 5.75 Å². The van der Waals surface area contributed by atoms with Gasteiger partial charge >= 0.3 is 0 Å². The largest absolute Gasteiger partial charge is 0.497 e. The number of thiophene rings is 1. The van der Waals surface area contributed by atoms with Gasteiger partial charge in [0.25, 0.3) is 11.8 Å². The molecule has 1 aromatic carbocycles. The van der Waals surface area contributed by atoms with Gasteiger partial charge < -0.3 is 10.1 Å². The predicted octanol–water partition coefficient (Wildman–Crippen LogP) is 2.58. The molecule has 0 bridgehead atoms. The Labute approximate surface area is 131 Å². The van der Waals surface area contributed by atoms with E-state index in [4.69, 9.17) is 4.74 Å². The third-order valence-corrected chi connectivity index (χ3v) is 4.28. The molecule has 0 saturated carbocycles. The summed E-state index contributed by atoms with van der Waals surface area (Å²) in [5.41, 5.74) is 1.40. The highest BCUT2D eigenvalue weighted by atomic mass is 32.1. The highest BCUT2D eigenvalue weighted by molar-refractivity contribution is 7.11. The lowest BCUT2D eigenvalue weighted by Crippen LogP contribution is -2.27. The molecule has 2 heterocycles. The van der Waals surface area contributed by atoms with Crippen molar-refractivity contribution in [2.45, 2.75) is 0 Å². The van der Waals surface area contributed by atoms with E-state index >= 15 is 0 Å². The number of carbonyl (C=O) groups excluding carboxylic acids is 2. The zero-order chi connectivity index (χ0) is 15.7. The molecule has 2 aromatic rings. The number of imide groups is 1. The number of methoxy groups -OCH3 is 1. The average molecular weight is 314 g/mol. The fraction of sp³-hybridized carbons (Fsp3) is 0.125. The summed E-state index contributed by atoms with van der Waals surface area (Å²) in [5.74, 6) is 0.0440. The van der Waals surface area contributed by atoms with E-state index < -0.39 is 0 Å². The van der Waals surface area contributed by atoms with E-state index in [9.17, 15) is 9.59 Å². The average Bonchev–Trinajstić information content (AvgIpc) is 3.12. The Morgan fingerprint density at radius 3 is 2.64 bits per heavy atom. The van der Waals surface area contributed by atoms with Crippen molar-refractivity contribution in [3.8, 4) is 5.75 Å². The van der Waals surface area contributed by atoms with Crippen molar-refractivity contribution >= 4 is 34.4 Å². The summed E-state index contributed by atoms with van der Waals surface area (Å²) in [7, 11) is 3.06. The number of benzene rings is 1. The van der Waals surface area contributed by atoms with Crippen LogP contribution in [0, 0.1) is 0 Å². The Balaban J connectivity index is 2.04. The van der Waals surface area contributed by atoms with Crippen LogP contribution in [0.15, 0.2) is 47.5 Å². The predicted molar refractivity (Wildman–Crippen MR) is 85.6 cm³/mol. The second-order valence-corrected chi connectivity index (χ2v) is 5.70. The molecular weight excluding hydrogens is 300 g/mol. The van der Waals surface area contributed by atoms with Gasteiger partial charge in [0.05, 0.1) is 12.7 Å². The molecule has 0 unspecified atom stereocenters. The standard InChI is InChI=1S/C16H14N2O3S/c1-18-15(19)13(12-7-4-8-22-12)14(16(18)20)17-10-5-3-6-11(9-10)21-2/h3-9,17H,1-2H3. The van der Waals surface area contributed by atoms with Gasteiger partial charge in [0.15, 0.2) is 0 Å². The SMILES string of the molecule is COc1cccc(NC2=C(c3cccs3)C(=O)N(C)C2=O)c1. The Hall–Kier alpha value is -2.60. The van der Waals surface area contributed by atoms with Gasteiger partial charge in [0.2, 0.25) is 0 Å². The van der Waals surface area contributed by atoms with Crippen LogP contribution in [0.4, 0.5) is 5.69 Å². The Kier molecular flexibility index (Phi) is 3.68. The maximum atomic E-state index is 12.3. The lowest BCUT2D eigenvalue weighted by Gasteiger charge is -2.09. The van der Waals surface area contributed by atoms with Gasteiger partial charge in [-0.05, 0) is 23.6 Å². The van der Waals surface area contributed by atoms with Crippen molar-refractivity contribution in [3.05, 3.63) is 52.4 Å². The highest BCUT2D eigenvalue weighted by Gasteiger charge is 2.37. The van der Waals surface area contributed by atoms with Crippen molar-refractivity contribution in [2.75, 3.05) is 19.5 Å². The molecule has 1 aliphatic rings. The molecule has 0 spiro atoms. The summed E-state index contributed by atoms with van der Waals surface area (Å²) < 4.78 is 5.17. The molecule has 0 radical (unpaired) electrons. The first kappa shape index (κ1) is 14.3. The molecular formula is C16H14N2O3S. The topological polar surface area (TPSA) is 58.6 Å². The van der Waals surface area contributed by atoms with Gasteiger partial charge in [-0.1, -0.05) is 12.1 Å². The first-order valence-electron chi connectivity index (χ1n) is 6.63. The molecule has 1 aromatic heterocycles. The second kappa shape index (κ2) is 5.65. The lowest BCUT2D eigenvalue weighted by atomic mass is 10.2. The monoisotopic (exact) mass is 314 g/mol. The first-order valence-corrected chi connectivity index (χ1v) is 7.51. The lowest BCUT2D eigenvalue weighted by molar-refractivity contribution is -0.135. The number of carbonyl (C=O) groups is 2. The van der Waals surface area contributed by atoms with E-state index in [1.54, 1.807) is 13.2 Å². The third-order valence-electron chi connectivity index (χ3n) is 3.39. The summed E-state index contributed by atoms with van der Waals surface area (Å²) in [6, 6.07) is 10.9. The fourth-order valence-electron chi connectivity index (χ4n) is 2.25. The van der Waals surface area contributed by atoms with Gasteiger partial charge in [-0.15, -0.1) is 11.3 Å². The van der Waals surface area contributed by atoms with Crippen LogP contribution in [0.3, 0.4) is 0 Å². The Bertz CT molecular complexity index is 765. The summed E-state index contributed by atoms with van der Waals surface area (Å²) in [4.78, 5) is 26.6. The first-order chi connectivity index (χ1) is 10.6. The summed E-state index contributed by atoms with van der Waals surface area (Å²) in [6.07, 6.45) is 0. The van der Waals surface area contributed by atoms with Crippen molar-refractivity contribution in [1.82, 2.24) is 4.90 Å². The third kappa shape index (κ3) is 2.37. The minimum absolute atomic E-state index is 0.294. The molecule has 3 rings (SSSR count).